The highest BCUT2D eigenvalue weighted by Crippen LogP contribution is 2.26. The molecule has 0 spiro atoms. The highest BCUT2D eigenvalue weighted by Gasteiger charge is 2.20. The van der Waals surface area contributed by atoms with E-state index >= 15 is 0 Å². The summed E-state index contributed by atoms with van der Waals surface area (Å²) in [7, 11) is 0. The molecule has 0 atom stereocenters. The zero-order chi connectivity index (χ0) is 16.6. The summed E-state index contributed by atoms with van der Waals surface area (Å²) in [6.45, 7) is 2.68. The van der Waals surface area contributed by atoms with Gasteiger partial charge in [-0.05, 0) is 23.6 Å². The topological polar surface area (TPSA) is 42.2 Å². The van der Waals surface area contributed by atoms with Crippen LogP contribution in [0.4, 0.5) is 0 Å². The summed E-state index contributed by atoms with van der Waals surface area (Å²) in [6, 6.07) is 14.4. The van der Waals surface area contributed by atoms with Crippen LogP contribution in [0.15, 0.2) is 58.5 Å². The summed E-state index contributed by atoms with van der Waals surface area (Å²) in [5.74, 6) is 1.86. The number of furan rings is 1. The Labute approximate surface area is 149 Å². The molecule has 0 radical (unpaired) electrons. The number of nitrogens with zero attached hydrogens (tertiary/aromatic N) is 3. The first-order valence-electron chi connectivity index (χ1n) is 8.44. The van der Waals surface area contributed by atoms with E-state index in [1.165, 1.54) is 16.6 Å². The number of para-hydroxylation sites is 1. The molecule has 0 fully saturated rings. The van der Waals surface area contributed by atoms with Gasteiger partial charge in [-0.2, -0.15) is 0 Å². The lowest BCUT2D eigenvalue weighted by Crippen LogP contribution is -2.30. The van der Waals surface area contributed by atoms with E-state index in [-0.39, 0.29) is 0 Å². The van der Waals surface area contributed by atoms with Crippen LogP contribution in [0.25, 0.3) is 21.7 Å². The number of hydrogen-bond donors (Lipinski definition) is 0. The van der Waals surface area contributed by atoms with E-state index in [2.05, 4.69) is 33.5 Å². The van der Waals surface area contributed by atoms with Gasteiger partial charge in [-0.1, -0.05) is 24.3 Å². The third-order valence-electron chi connectivity index (χ3n) is 4.61. The Hall–Kier alpha value is -2.50. The molecule has 5 heteroatoms. The van der Waals surface area contributed by atoms with Crippen LogP contribution in [0.2, 0.25) is 0 Å². The van der Waals surface area contributed by atoms with Gasteiger partial charge in [0, 0.05) is 36.7 Å². The van der Waals surface area contributed by atoms with Gasteiger partial charge in [-0.25, -0.2) is 9.97 Å². The van der Waals surface area contributed by atoms with Crippen LogP contribution < -0.4 is 0 Å². The molecule has 0 amide bonds. The Morgan fingerprint density at radius 2 is 2.12 bits per heavy atom. The molecule has 0 aliphatic carbocycles. The first-order valence-corrected chi connectivity index (χ1v) is 9.31. The molecule has 0 saturated carbocycles. The Kier molecular flexibility index (Phi) is 3.61. The zero-order valence-corrected chi connectivity index (χ0v) is 14.5. The summed E-state index contributed by atoms with van der Waals surface area (Å²) in [5, 5.41) is 3.23. The van der Waals surface area contributed by atoms with Crippen molar-refractivity contribution < 1.29 is 4.42 Å². The van der Waals surface area contributed by atoms with Crippen molar-refractivity contribution in [2.24, 2.45) is 0 Å². The van der Waals surface area contributed by atoms with Crippen LogP contribution in [-0.4, -0.2) is 21.4 Å². The smallest absolute Gasteiger partial charge is 0.169 e. The average molecular weight is 347 g/mol. The minimum Gasteiger partial charge on any atom is -0.460 e. The van der Waals surface area contributed by atoms with E-state index in [4.69, 9.17) is 9.40 Å². The maximum absolute atomic E-state index is 5.96. The van der Waals surface area contributed by atoms with Gasteiger partial charge in [-0.3, -0.25) is 4.90 Å². The molecule has 0 N–H and O–H groups in total. The Morgan fingerprint density at radius 1 is 1.16 bits per heavy atom. The number of thiophene rings is 1. The van der Waals surface area contributed by atoms with E-state index in [9.17, 15) is 0 Å². The Bertz CT molecular complexity index is 990. The number of fused-ring (bicyclic) bond motifs is 2. The van der Waals surface area contributed by atoms with E-state index in [1.807, 2.05) is 30.5 Å². The van der Waals surface area contributed by atoms with Crippen molar-refractivity contribution in [1.82, 2.24) is 14.9 Å². The van der Waals surface area contributed by atoms with Gasteiger partial charge < -0.3 is 4.42 Å². The van der Waals surface area contributed by atoms with Crippen LogP contribution in [0.1, 0.15) is 17.0 Å². The van der Waals surface area contributed by atoms with Crippen LogP contribution >= 0.6 is 11.3 Å². The normalized spacial score (nSPS) is 14.7. The summed E-state index contributed by atoms with van der Waals surface area (Å²) in [5.41, 5.74) is 3.36. The van der Waals surface area contributed by atoms with Gasteiger partial charge in [0.15, 0.2) is 5.82 Å². The first kappa shape index (κ1) is 14.8. The molecule has 1 aromatic carbocycles. The number of aromatic nitrogens is 2. The number of rotatable bonds is 3. The van der Waals surface area contributed by atoms with Crippen molar-refractivity contribution in [1.29, 1.82) is 0 Å². The van der Waals surface area contributed by atoms with Crippen molar-refractivity contribution in [3.8, 4) is 10.7 Å². The molecule has 4 heterocycles. The van der Waals surface area contributed by atoms with E-state index in [1.54, 1.807) is 11.3 Å². The maximum atomic E-state index is 5.96. The summed E-state index contributed by atoms with van der Waals surface area (Å²) >= 11 is 1.68. The van der Waals surface area contributed by atoms with Crippen LogP contribution in [0, 0.1) is 0 Å². The molecule has 1 aliphatic rings. The van der Waals surface area contributed by atoms with E-state index in [0.717, 1.165) is 48.1 Å². The fourth-order valence-corrected chi connectivity index (χ4v) is 4.03. The lowest BCUT2D eigenvalue weighted by molar-refractivity contribution is 0.225. The standard InChI is InChI=1S/C20H17N3OS/c1-2-5-18-14(4-1)10-16(24-18)13-23-8-7-17-15(12-23)11-21-20(22-17)19-6-3-9-25-19/h1-6,9-11H,7-8,12-13H2. The lowest BCUT2D eigenvalue weighted by Gasteiger charge is -2.27. The van der Waals surface area contributed by atoms with Gasteiger partial charge >= 0.3 is 0 Å². The third kappa shape index (κ3) is 2.86. The highest BCUT2D eigenvalue weighted by molar-refractivity contribution is 7.13. The maximum Gasteiger partial charge on any atom is 0.169 e. The van der Waals surface area contributed by atoms with Gasteiger partial charge in [-0.15, -0.1) is 11.3 Å². The summed E-state index contributed by atoms with van der Waals surface area (Å²) in [4.78, 5) is 12.9. The fraction of sp³-hybridized carbons (Fsp3) is 0.200. The molecule has 0 unspecified atom stereocenters. The predicted molar refractivity (Wildman–Crippen MR) is 99.4 cm³/mol. The zero-order valence-electron chi connectivity index (χ0n) is 13.7. The molecule has 4 aromatic rings. The second kappa shape index (κ2) is 6.10. The monoisotopic (exact) mass is 347 g/mol. The van der Waals surface area contributed by atoms with Gasteiger partial charge in [0.2, 0.25) is 0 Å². The van der Waals surface area contributed by atoms with Gasteiger partial charge in [0.1, 0.15) is 11.3 Å². The second-order valence-electron chi connectivity index (χ2n) is 6.35. The molecule has 1 aliphatic heterocycles. The molecule has 3 aromatic heterocycles. The SMILES string of the molecule is c1csc(-c2ncc3c(n2)CCN(Cc2cc4ccccc4o2)C3)c1. The molecular formula is C20H17N3OS. The molecule has 5 rings (SSSR count). The first-order chi connectivity index (χ1) is 12.3. The largest absolute Gasteiger partial charge is 0.460 e. The number of benzene rings is 1. The molecule has 0 bridgehead atoms. The minimum absolute atomic E-state index is 0.820. The summed E-state index contributed by atoms with van der Waals surface area (Å²) < 4.78 is 5.96. The van der Waals surface area contributed by atoms with Crippen molar-refractivity contribution in [2.45, 2.75) is 19.5 Å². The quantitative estimate of drug-likeness (QED) is 0.547. The van der Waals surface area contributed by atoms with Gasteiger partial charge in [0.25, 0.3) is 0 Å². The minimum atomic E-state index is 0.820. The Balaban J connectivity index is 1.35. The van der Waals surface area contributed by atoms with Crippen molar-refractivity contribution in [3.63, 3.8) is 0 Å². The number of hydrogen-bond acceptors (Lipinski definition) is 5. The predicted octanol–water partition coefficient (Wildman–Crippen LogP) is 4.51. The van der Waals surface area contributed by atoms with Crippen molar-refractivity contribution in [2.75, 3.05) is 6.54 Å². The molecule has 0 saturated heterocycles. The van der Waals surface area contributed by atoms with E-state index in [0.29, 0.717) is 0 Å². The molecule has 4 nitrogen and oxygen atoms in total. The fourth-order valence-electron chi connectivity index (χ4n) is 3.37. The van der Waals surface area contributed by atoms with Crippen LogP contribution in [0.3, 0.4) is 0 Å². The summed E-state index contributed by atoms with van der Waals surface area (Å²) in [6.07, 6.45) is 2.94. The highest BCUT2D eigenvalue weighted by atomic mass is 32.1. The lowest BCUT2D eigenvalue weighted by atomic mass is 10.1. The van der Waals surface area contributed by atoms with E-state index < -0.39 is 0 Å². The molecule has 124 valence electrons. The van der Waals surface area contributed by atoms with Gasteiger partial charge in [0.05, 0.1) is 17.1 Å². The van der Waals surface area contributed by atoms with Crippen LogP contribution in [-0.2, 0) is 19.5 Å². The van der Waals surface area contributed by atoms with Crippen molar-refractivity contribution >= 4 is 22.3 Å². The molecular weight excluding hydrogens is 330 g/mol. The Morgan fingerprint density at radius 3 is 3.00 bits per heavy atom. The van der Waals surface area contributed by atoms with Crippen LogP contribution in [0.5, 0.6) is 0 Å². The average Bonchev–Trinajstić information content (AvgIpc) is 3.30. The third-order valence-corrected chi connectivity index (χ3v) is 5.48. The van der Waals surface area contributed by atoms with Crippen molar-refractivity contribution in [3.05, 3.63) is 71.1 Å². The molecule has 25 heavy (non-hydrogen) atoms. The second-order valence-corrected chi connectivity index (χ2v) is 7.30.